The summed E-state index contributed by atoms with van der Waals surface area (Å²) in [5, 5.41) is 17.4. The van der Waals surface area contributed by atoms with Crippen molar-refractivity contribution in [2.45, 2.75) is 13.3 Å². The van der Waals surface area contributed by atoms with Gasteiger partial charge in [0.2, 0.25) is 0 Å². The van der Waals surface area contributed by atoms with E-state index in [1.165, 1.54) is 11.8 Å². The number of nitrogens with zero attached hydrogens (tertiary/aromatic N) is 1. The Morgan fingerprint density at radius 3 is 1.46 bits per heavy atom. The molecule has 0 saturated carbocycles. The molecule has 0 aliphatic heterocycles. The van der Waals surface area contributed by atoms with Crippen molar-refractivity contribution >= 4 is 17.7 Å². The Hall–Kier alpha value is -1.59. The van der Waals surface area contributed by atoms with Gasteiger partial charge in [-0.1, -0.05) is 0 Å². The monoisotopic (exact) mass is 379 g/mol. The zero-order valence-electron chi connectivity index (χ0n) is 15.2. The molecule has 0 rings (SSSR count). The molecule has 10 nitrogen and oxygen atoms in total. The summed E-state index contributed by atoms with van der Waals surface area (Å²) in [6, 6.07) is 0. The van der Waals surface area contributed by atoms with Gasteiger partial charge >= 0.3 is 11.9 Å². The Morgan fingerprint density at radius 1 is 0.692 bits per heavy atom. The number of ketones is 1. The molecule has 0 radical (unpaired) electrons. The van der Waals surface area contributed by atoms with Gasteiger partial charge in [-0.2, -0.15) is 0 Å². The fourth-order valence-corrected chi connectivity index (χ4v) is 1.77. The largest absolute Gasteiger partial charge is 0.480 e. The lowest BCUT2D eigenvalue weighted by Crippen LogP contribution is -2.37. The van der Waals surface area contributed by atoms with Gasteiger partial charge in [0.1, 0.15) is 5.78 Å². The summed E-state index contributed by atoms with van der Waals surface area (Å²) >= 11 is 0. The molecule has 0 amide bonds. The van der Waals surface area contributed by atoms with Crippen LogP contribution in [0.2, 0.25) is 0 Å². The molecule has 0 atom stereocenters. The van der Waals surface area contributed by atoms with Crippen LogP contribution in [-0.4, -0.2) is 105 Å². The molecular weight excluding hydrogens is 350 g/mol. The standard InChI is InChI=1S/C16H29NO9/c1-14(18)2-4-23-6-8-25-10-11-26-9-7-24-5-3-17(12-15(19)20)13-16(21)22/h2-13H2,1H3,(H,19,20)(H,21,22). The number of ether oxygens (including phenoxy) is 4. The highest BCUT2D eigenvalue weighted by Gasteiger charge is 2.12. The predicted octanol–water partition coefficient (Wildman–Crippen LogP) is -0.497. The lowest BCUT2D eigenvalue weighted by atomic mass is 10.3. The second kappa shape index (κ2) is 16.9. The van der Waals surface area contributed by atoms with E-state index in [9.17, 15) is 14.4 Å². The Kier molecular flexibility index (Phi) is 15.8. The van der Waals surface area contributed by atoms with Crippen LogP contribution >= 0.6 is 0 Å². The van der Waals surface area contributed by atoms with Crippen LogP contribution in [0, 0.1) is 0 Å². The van der Waals surface area contributed by atoms with Crippen LogP contribution in [0.3, 0.4) is 0 Å². The van der Waals surface area contributed by atoms with Gasteiger partial charge in [-0.05, 0) is 6.92 Å². The lowest BCUT2D eigenvalue weighted by Gasteiger charge is -2.17. The van der Waals surface area contributed by atoms with E-state index in [2.05, 4.69) is 0 Å². The van der Waals surface area contributed by atoms with E-state index in [1.54, 1.807) is 0 Å². The molecular formula is C16H29NO9. The predicted molar refractivity (Wildman–Crippen MR) is 90.3 cm³/mol. The average Bonchev–Trinajstić information content (AvgIpc) is 2.53. The third-order valence-electron chi connectivity index (χ3n) is 2.98. The van der Waals surface area contributed by atoms with Gasteiger partial charge in [-0.3, -0.25) is 19.3 Å². The summed E-state index contributed by atoms with van der Waals surface area (Å²) in [5.74, 6) is -2.07. The van der Waals surface area contributed by atoms with Crippen molar-refractivity contribution in [3.05, 3.63) is 0 Å². The molecule has 2 N–H and O–H groups in total. The maximum absolute atomic E-state index is 10.7. The fourth-order valence-electron chi connectivity index (χ4n) is 1.77. The fraction of sp³-hybridized carbons (Fsp3) is 0.812. The number of hydrogen-bond donors (Lipinski definition) is 2. The van der Waals surface area contributed by atoms with E-state index in [1.807, 2.05) is 0 Å². The molecule has 0 saturated heterocycles. The molecule has 0 aliphatic carbocycles. The molecule has 0 aromatic carbocycles. The van der Waals surface area contributed by atoms with Gasteiger partial charge in [0.25, 0.3) is 0 Å². The Bertz CT molecular complexity index is 387. The van der Waals surface area contributed by atoms with E-state index in [0.29, 0.717) is 52.7 Å². The molecule has 0 aromatic heterocycles. The first-order valence-electron chi connectivity index (χ1n) is 8.38. The highest BCUT2D eigenvalue weighted by atomic mass is 16.6. The van der Waals surface area contributed by atoms with Crippen LogP contribution in [0.5, 0.6) is 0 Å². The Morgan fingerprint density at radius 2 is 1.08 bits per heavy atom. The van der Waals surface area contributed by atoms with Gasteiger partial charge < -0.3 is 29.2 Å². The Labute approximate surface area is 153 Å². The lowest BCUT2D eigenvalue weighted by molar-refractivity contribution is -0.142. The van der Waals surface area contributed by atoms with Crippen molar-refractivity contribution in [1.29, 1.82) is 0 Å². The van der Waals surface area contributed by atoms with Gasteiger partial charge in [0.05, 0.1) is 65.9 Å². The highest BCUT2D eigenvalue weighted by Crippen LogP contribution is 1.90. The molecule has 0 unspecified atom stereocenters. The number of rotatable bonds is 19. The van der Waals surface area contributed by atoms with Crippen LogP contribution in [0.25, 0.3) is 0 Å². The van der Waals surface area contributed by atoms with E-state index in [-0.39, 0.29) is 32.0 Å². The zero-order valence-corrected chi connectivity index (χ0v) is 15.2. The SMILES string of the molecule is CC(=O)CCOCCOCCOCCOCCN(CC(=O)O)CC(=O)O. The van der Waals surface area contributed by atoms with Gasteiger partial charge in [0, 0.05) is 13.0 Å². The quantitative estimate of drug-likeness (QED) is 0.283. The first-order valence-corrected chi connectivity index (χ1v) is 8.38. The van der Waals surface area contributed by atoms with E-state index in [4.69, 9.17) is 29.2 Å². The zero-order chi connectivity index (χ0) is 19.6. The third-order valence-corrected chi connectivity index (χ3v) is 2.98. The molecule has 26 heavy (non-hydrogen) atoms. The first kappa shape index (κ1) is 24.4. The Balaban J connectivity index is 3.37. The molecule has 152 valence electrons. The van der Waals surface area contributed by atoms with Crippen LogP contribution < -0.4 is 0 Å². The number of Topliss-reactive ketones (excluding diaryl/α,β-unsaturated/α-hetero) is 1. The van der Waals surface area contributed by atoms with Crippen LogP contribution in [0.15, 0.2) is 0 Å². The second-order valence-corrected chi connectivity index (χ2v) is 5.40. The third kappa shape index (κ3) is 18.7. The average molecular weight is 379 g/mol. The molecule has 0 heterocycles. The normalized spacial score (nSPS) is 11.0. The van der Waals surface area contributed by atoms with Crippen LogP contribution in [0.1, 0.15) is 13.3 Å². The molecule has 0 spiro atoms. The van der Waals surface area contributed by atoms with Crippen molar-refractivity contribution in [3.63, 3.8) is 0 Å². The molecule has 0 aliphatic rings. The summed E-state index contributed by atoms with van der Waals surface area (Å²) in [6.07, 6.45) is 0.410. The van der Waals surface area contributed by atoms with Crippen molar-refractivity contribution in [2.75, 3.05) is 72.5 Å². The number of hydrogen-bond acceptors (Lipinski definition) is 8. The van der Waals surface area contributed by atoms with Crippen molar-refractivity contribution in [1.82, 2.24) is 4.90 Å². The van der Waals surface area contributed by atoms with E-state index < -0.39 is 11.9 Å². The molecule has 10 heteroatoms. The summed E-state index contributed by atoms with van der Waals surface area (Å²) < 4.78 is 21.0. The minimum absolute atomic E-state index is 0.0954. The van der Waals surface area contributed by atoms with Crippen LogP contribution in [0.4, 0.5) is 0 Å². The minimum atomic E-state index is -1.08. The summed E-state index contributed by atoms with van der Waals surface area (Å²) in [4.78, 5) is 33.2. The first-order chi connectivity index (χ1) is 12.4. The van der Waals surface area contributed by atoms with Crippen molar-refractivity contribution in [3.8, 4) is 0 Å². The molecule has 0 bridgehead atoms. The summed E-state index contributed by atoms with van der Waals surface area (Å²) in [6.45, 7) is 4.03. The summed E-state index contributed by atoms with van der Waals surface area (Å²) in [5.41, 5.74) is 0. The number of carbonyl (C=O) groups is 3. The molecule has 0 fully saturated rings. The maximum atomic E-state index is 10.7. The summed E-state index contributed by atoms with van der Waals surface area (Å²) in [7, 11) is 0. The maximum Gasteiger partial charge on any atom is 0.317 e. The second-order valence-electron chi connectivity index (χ2n) is 5.40. The topological polar surface area (TPSA) is 132 Å². The van der Waals surface area contributed by atoms with Gasteiger partial charge in [-0.15, -0.1) is 0 Å². The van der Waals surface area contributed by atoms with Gasteiger partial charge in [-0.25, -0.2) is 0 Å². The van der Waals surface area contributed by atoms with Crippen molar-refractivity contribution < 1.29 is 43.5 Å². The van der Waals surface area contributed by atoms with Gasteiger partial charge in [0.15, 0.2) is 0 Å². The van der Waals surface area contributed by atoms with Crippen molar-refractivity contribution in [2.24, 2.45) is 0 Å². The van der Waals surface area contributed by atoms with E-state index >= 15 is 0 Å². The number of carboxylic acid groups (broad SMARTS) is 2. The number of carboxylic acids is 2. The molecule has 0 aromatic rings. The highest BCUT2D eigenvalue weighted by molar-refractivity contribution is 5.75. The minimum Gasteiger partial charge on any atom is -0.480 e. The smallest absolute Gasteiger partial charge is 0.317 e. The number of carbonyl (C=O) groups excluding carboxylic acids is 1. The van der Waals surface area contributed by atoms with E-state index in [0.717, 1.165) is 0 Å². The number of aliphatic carboxylic acids is 2. The van der Waals surface area contributed by atoms with Crippen LogP contribution in [-0.2, 0) is 33.3 Å².